The van der Waals surface area contributed by atoms with Crippen LogP contribution in [0.1, 0.15) is 51.7 Å². The van der Waals surface area contributed by atoms with E-state index in [1.165, 1.54) is 45.4 Å². The molecule has 4 aromatic rings. The fourth-order valence-corrected chi connectivity index (χ4v) is 5.23. The van der Waals surface area contributed by atoms with Crippen LogP contribution in [-0.4, -0.2) is 4.57 Å². The molecule has 0 spiro atoms. The first-order valence-electron chi connectivity index (χ1n) is 9.75. The molecule has 0 aliphatic heterocycles. The van der Waals surface area contributed by atoms with Gasteiger partial charge in [0.15, 0.2) is 0 Å². The molecule has 5 rings (SSSR count). The van der Waals surface area contributed by atoms with Gasteiger partial charge in [-0.2, -0.15) is 0 Å². The van der Waals surface area contributed by atoms with Crippen LogP contribution in [0.2, 0.25) is 0 Å². The quantitative estimate of drug-likeness (QED) is 0.330. The monoisotopic (exact) mass is 341 g/mol. The maximum atomic E-state index is 2.43. The van der Waals surface area contributed by atoms with E-state index in [0.717, 1.165) is 0 Å². The molecule has 1 aliphatic rings. The summed E-state index contributed by atoms with van der Waals surface area (Å²) in [6.07, 6.45) is 2.50. The number of benzene rings is 3. The van der Waals surface area contributed by atoms with E-state index in [1.54, 1.807) is 11.1 Å². The number of rotatable bonds is 0. The Hall–Kier alpha value is -2.28. The van der Waals surface area contributed by atoms with Gasteiger partial charge in [-0.15, -0.1) is 0 Å². The third-order valence-electron chi connectivity index (χ3n) is 6.83. The van der Waals surface area contributed by atoms with E-state index in [0.29, 0.717) is 0 Å². The fourth-order valence-electron chi connectivity index (χ4n) is 5.23. The molecule has 1 nitrogen and oxygen atoms in total. The lowest BCUT2D eigenvalue weighted by atomic mass is 9.62. The highest BCUT2D eigenvalue weighted by molar-refractivity contribution is 6.19. The minimum Gasteiger partial charge on any atom is -0.343 e. The Balaban J connectivity index is 2.05. The lowest BCUT2D eigenvalue weighted by Gasteiger charge is -2.42. The molecule has 1 heterocycles. The fraction of sp³-hybridized carbons (Fsp3) is 0.360. The van der Waals surface area contributed by atoms with Gasteiger partial charge in [0, 0.05) is 28.7 Å². The molecule has 3 aromatic carbocycles. The van der Waals surface area contributed by atoms with Crippen molar-refractivity contribution in [1.29, 1.82) is 0 Å². The summed E-state index contributed by atoms with van der Waals surface area (Å²) in [6, 6.07) is 18.2. The van der Waals surface area contributed by atoms with Crippen LogP contribution in [0.4, 0.5) is 0 Å². The summed E-state index contributed by atoms with van der Waals surface area (Å²) in [4.78, 5) is 0. The number of nitrogens with zero attached hydrogens (tertiary/aromatic N) is 1. The van der Waals surface area contributed by atoms with Crippen molar-refractivity contribution in [3.63, 3.8) is 0 Å². The summed E-state index contributed by atoms with van der Waals surface area (Å²) in [5, 5.41) is 5.55. The smallest absolute Gasteiger partial charge is 0.0568 e. The summed E-state index contributed by atoms with van der Waals surface area (Å²) in [5.74, 6) is 0. The largest absolute Gasteiger partial charge is 0.343 e. The zero-order chi connectivity index (χ0) is 18.3. The first-order chi connectivity index (χ1) is 12.3. The van der Waals surface area contributed by atoms with Crippen molar-refractivity contribution in [3.8, 4) is 0 Å². The highest BCUT2D eigenvalue weighted by Crippen LogP contribution is 2.50. The molecule has 0 atom stereocenters. The third-order valence-corrected chi connectivity index (χ3v) is 6.83. The zero-order valence-corrected chi connectivity index (χ0v) is 16.5. The molecule has 0 saturated carbocycles. The predicted octanol–water partition coefficient (Wildman–Crippen LogP) is 6.83. The summed E-state index contributed by atoms with van der Waals surface area (Å²) < 4.78 is 2.41. The second-order valence-electron chi connectivity index (χ2n) is 9.39. The van der Waals surface area contributed by atoms with Crippen LogP contribution >= 0.6 is 0 Å². The molecule has 0 fully saturated rings. The van der Waals surface area contributed by atoms with Gasteiger partial charge in [0.2, 0.25) is 0 Å². The minimum absolute atomic E-state index is 0.213. The van der Waals surface area contributed by atoms with Gasteiger partial charge in [-0.25, -0.2) is 0 Å². The Morgan fingerprint density at radius 2 is 1.50 bits per heavy atom. The van der Waals surface area contributed by atoms with E-state index in [4.69, 9.17) is 0 Å². The second-order valence-corrected chi connectivity index (χ2v) is 9.39. The minimum atomic E-state index is 0.213. The molecular weight excluding hydrogens is 314 g/mol. The summed E-state index contributed by atoms with van der Waals surface area (Å²) in [6.45, 7) is 9.68. The van der Waals surface area contributed by atoms with E-state index in [-0.39, 0.29) is 10.8 Å². The van der Waals surface area contributed by atoms with E-state index in [2.05, 4.69) is 87.8 Å². The normalized spacial score (nSPS) is 18.5. The van der Waals surface area contributed by atoms with Crippen molar-refractivity contribution in [2.45, 2.75) is 51.4 Å². The first kappa shape index (κ1) is 15.9. The molecule has 132 valence electrons. The highest BCUT2D eigenvalue weighted by atomic mass is 14.9. The van der Waals surface area contributed by atoms with Gasteiger partial charge in [-0.3, -0.25) is 0 Å². The maximum Gasteiger partial charge on any atom is 0.0568 e. The highest BCUT2D eigenvalue weighted by Gasteiger charge is 2.39. The van der Waals surface area contributed by atoms with E-state index in [9.17, 15) is 0 Å². The Morgan fingerprint density at radius 1 is 0.769 bits per heavy atom. The number of hydrogen-bond donors (Lipinski definition) is 0. The number of fused-ring (bicyclic) bond motifs is 7. The maximum absolute atomic E-state index is 2.43. The summed E-state index contributed by atoms with van der Waals surface area (Å²) in [5.41, 5.74) is 6.31. The van der Waals surface area contributed by atoms with Crippen molar-refractivity contribution >= 4 is 32.6 Å². The lowest BCUT2D eigenvalue weighted by Crippen LogP contribution is -2.34. The first-order valence-corrected chi connectivity index (χ1v) is 9.75. The van der Waals surface area contributed by atoms with Gasteiger partial charge in [-0.05, 0) is 46.3 Å². The summed E-state index contributed by atoms with van der Waals surface area (Å²) >= 11 is 0. The molecule has 0 bridgehead atoms. The average molecular weight is 341 g/mol. The molecule has 0 amide bonds. The Labute approximate surface area is 155 Å². The molecule has 1 aromatic heterocycles. The van der Waals surface area contributed by atoms with Crippen LogP contribution in [-0.2, 0) is 17.9 Å². The van der Waals surface area contributed by atoms with Crippen molar-refractivity contribution < 1.29 is 0 Å². The lowest BCUT2D eigenvalue weighted by molar-refractivity contribution is 0.334. The van der Waals surface area contributed by atoms with Crippen molar-refractivity contribution in [3.05, 3.63) is 59.7 Å². The van der Waals surface area contributed by atoms with E-state index in [1.807, 2.05) is 0 Å². The van der Waals surface area contributed by atoms with Gasteiger partial charge in [0.1, 0.15) is 0 Å². The van der Waals surface area contributed by atoms with E-state index < -0.39 is 0 Å². The average Bonchev–Trinajstić information content (AvgIpc) is 2.92. The SMILES string of the molecule is Cn1c2ccc3c(c2c2ccc4ccccc4c21)C(C)(C)CCC3(C)C. The van der Waals surface area contributed by atoms with Crippen LogP contribution in [0.25, 0.3) is 32.6 Å². The molecular formula is C25H27N. The Kier molecular flexibility index (Phi) is 3.01. The number of aromatic nitrogens is 1. The summed E-state index contributed by atoms with van der Waals surface area (Å²) in [7, 11) is 2.23. The van der Waals surface area contributed by atoms with E-state index >= 15 is 0 Å². The molecule has 0 saturated heterocycles. The molecule has 1 heteroatoms. The topological polar surface area (TPSA) is 4.93 Å². The van der Waals surface area contributed by atoms with Crippen molar-refractivity contribution in [2.24, 2.45) is 7.05 Å². The van der Waals surface area contributed by atoms with Crippen molar-refractivity contribution in [2.75, 3.05) is 0 Å². The van der Waals surface area contributed by atoms with Gasteiger partial charge >= 0.3 is 0 Å². The van der Waals surface area contributed by atoms with Gasteiger partial charge < -0.3 is 4.57 Å². The van der Waals surface area contributed by atoms with Crippen LogP contribution < -0.4 is 0 Å². The molecule has 26 heavy (non-hydrogen) atoms. The predicted molar refractivity (Wildman–Crippen MR) is 113 cm³/mol. The Bertz CT molecular complexity index is 1190. The third kappa shape index (κ3) is 1.92. The van der Waals surface area contributed by atoms with Gasteiger partial charge in [-0.1, -0.05) is 70.2 Å². The van der Waals surface area contributed by atoms with Crippen molar-refractivity contribution in [1.82, 2.24) is 4.57 Å². The molecule has 1 aliphatic carbocycles. The van der Waals surface area contributed by atoms with Gasteiger partial charge in [0.05, 0.1) is 5.52 Å². The molecule has 0 unspecified atom stereocenters. The van der Waals surface area contributed by atoms with Crippen LogP contribution in [0, 0.1) is 0 Å². The van der Waals surface area contributed by atoms with Crippen LogP contribution in [0.3, 0.4) is 0 Å². The molecule has 0 radical (unpaired) electrons. The van der Waals surface area contributed by atoms with Crippen LogP contribution in [0.15, 0.2) is 48.5 Å². The number of hydrogen-bond acceptors (Lipinski definition) is 0. The van der Waals surface area contributed by atoms with Crippen LogP contribution in [0.5, 0.6) is 0 Å². The zero-order valence-electron chi connectivity index (χ0n) is 16.5. The second kappa shape index (κ2) is 4.91. The van der Waals surface area contributed by atoms with Gasteiger partial charge in [0.25, 0.3) is 0 Å². The Morgan fingerprint density at radius 3 is 2.31 bits per heavy atom. The molecule has 0 N–H and O–H groups in total. The standard InChI is InChI=1S/C25H27N/c1-24(2)14-15-25(3,4)22-19(24)12-13-20-21(22)18-11-10-16-8-6-7-9-17(16)23(18)26(20)5/h6-13H,14-15H2,1-5H3. The number of aryl methyl sites for hydroxylation is 1.